The lowest BCUT2D eigenvalue weighted by molar-refractivity contribution is 0.202. The SMILES string of the molecule is CCc1nc(CCOC)sc1CNCC(C)C. The average Bonchev–Trinajstić information content (AvgIpc) is 2.68. The van der Waals surface area contributed by atoms with Gasteiger partial charge < -0.3 is 10.1 Å². The zero-order valence-electron chi connectivity index (χ0n) is 11.4. The largest absolute Gasteiger partial charge is 0.384 e. The molecule has 0 aliphatic rings. The van der Waals surface area contributed by atoms with Gasteiger partial charge in [0.05, 0.1) is 17.3 Å². The van der Waals surface area contributed by atoms with Crippen LogP contribution in [-0.4, -0.2) is 25.2 Å². The Labute approximate surface area is 109 Å². The Balaban J connectivity index is 2.53. The maximum absolute atomic E-state index is 5.09. The summed E-state index contributed by atoms with van der Waals surface area (Å²) >= 11 is 1.82. The predicted octanol–water partition coefficient (Wildman–Crippen LogP) is 2.64. The molecule has 17 heavy (non-hydrogen) atoms. The molecule has 0 spiro atoms. The molecule has 0 saturated carbocycles. The zero-order valence-corrected chi connectivity index (χ0v) is 12.2. The number of hydrogen-bond donors (Lipinski definition) is 1. The van der Waals surface area contributed by atoms with Gasteiger partial charge in [-0.25, -0.2) is 4.98 Å². The quantitative estimate of drug-likeness (QED) is 0.776. The second-order valence-corrected chi connectivity index (χ2v) is 5.77. The van der Waals surface area contributed by atoms with Crippen LogP contribution < -0.4 is 5.32 Å². The summed E-state index contributed by atoms with van der Waals surface area (Å²) in [5.74, 6) is 0.695. The second-order valence-electron chi connectivity index (χ2n) is 4.60. The third-order valence-electron chi connectivity index (χ3n) is 2.52. The fourth-order valence-electron chi connectivity index (χ4n) is 1.62. The van der Waals surface area contributed by atoms with Crippen molar-refractivity contribution in [2.75, 3.05) is 20.3 Å². The first-order chi connectivity index (χ1) is 8.17. The number of aromatic nitrogens is 1. The lowest BCUT2D eigenvalue weighted by atomic mass is 10.2. The molecule has 0 aliphatic carbocycles. The Bertz CT molecular complexity index is 323. The minimum absolute atomic E-state index is 0.695. The van der Waals surface area contributed by atoms with Crippen molar-refractivity contribution in [2.45, 2.75) is 40.2 Å². The van der Waals surface area contributed by atoms with Crippen molar-refractivity contribution in [1.82, 2.24) is 10.3 Å². The van der Waals surface area contributed by atoms with Crippen molar-refractivity contribution in [1.29, 1.82) is 0 Å². The van der Waals surface area contributed by atoms with Gasteiger partial charge >= 0.3 is 0 Å². The van der Waals surface area contributed by atoms with Gasteiger partial charge in [0.1, 0.15) is 0 Å². The van der Waals surface area contributed by atoms with E-state index >= 15 is 0 Å². The molecule has 0 amide bonds. The van der Waals surface area contributed by atoms with Gasteiger partial charge in [0, 0.05) is 25.0 Å². The molecule has 1 rings (SSSR count). The fourth-order valence-corrected chi connectivity index (χ4v) is 2.73. The summed E-state index contributed by atoms with van der Waals surface area (Å²) in [5, 5.41) is 4.68. The molecule has 1 heterocycles. The Kier molecular flexibility index (Phi) is 6.70. The van der Waals surface area contributed by atoms with Crippen LogP contribution in [0.1, 0.15) is 36.3 Å². The van der Waals surface area contributed by atoms with E-state index in [1.807, 2.05) is 11.3 Å². The Hall–Kier alpha value is -0.450. The van der Waals surface area contributed by atoms with E-state index in [-0.39, 0.29) is 0 Å². The van der Waals surface area contributed by atoms with E-state index in [0.29, 0.717) is 5.92 Å². The molecule has 0 bridgehead atoms. The number of methoxy groups -OCH3 is 1. The first-order valence-corrected chi connectivity index (χ1v) is 7.16. The van der Waals surface area contributed by atoms with Crippen LogP contribution in [0, 0.1) is 5.92 Å². The van der Waals surface area contributed by atoms with Crippen molar-refractivity contribution < 1.29 is 4.74 Å². The highest BCUT2D eigenvalue weighted by Crippen LogP contribution is 2.19. The molecule has 0 fully saturated rings. The number of ether oxygens (including phenoxy) is 1. The highest BCUT2D eigenvalue weighted by molar-refractivity contribution is 7.11. The highest BCUT2D eigenvalue weighted by Gasteiger charge is 2.09. The number of nitrogens with zero attached hydrogens (tertiary/aromatic N) is 1. The Morgan fingerprint density at radius 1 is 1.41 bits per heavy atom. The molecule has 0 aromatic carbocycles. The molecule has 1 aromatic rings. The van der Waals surface area contributed by atoms with E-state index in [1.165, 1.54) is 15.6 Å². The molecule has 1 aromatic heterocycles. The smallest absolute Gasteiger partial charge is 0.0954 e. The van der Waals surface area contributed by atoms with E-state index in [1.54, 1.807) is 7.11 Å². The topological polar surface area (TPSA) is 34.1 Å². The molecule has 0 atom stereocenters. The lowest BCUT2D eigenvalue weighted by Crippen LogP contribution is -2.18. The Morgan fingerprint density at radius 3 is 2.76 bits per heavy atom. The number of thiazole rings is 1. The number of rotatable bonds is 8. The molecule has 0 radical (unpaired) electrons. The van der Waals surface area contributed by atoms with Crippen molar-refractivity contribution >= 4 is 11.3 Å². The summed E-state index contributed by atoms with van der Waals surface area (Å²) in [6.45, 7) is 9.39. The maximum atomic E-state index is 5.09. The van der Waals surface area contributed by atoms with Crippen LogP contribution in [0.4, 0.5) is 0 Å². The standard InChI is InChI=1S/C13H24N2OS/c1-5-11-12(9-14-8-10(2)3)17-13(15-11)6-7-16-4/h10,14H,5-9H2,1-4H3. The van der Waals surface area contributed by atoms with E-state index in [4.69, 9.17) is 4.74 Å². The highest BCUT2D eigenvalue weighted by atomic mass is 32.1. The fraction of sp³-hybridized carbons (Fsp3) is 0.769. The lowest BCUT2D eigenvalue weighted by Gasteiger charge is -2.06. The third-order valence-corrected chi connectivity index (χ3v) is 3.67. The van der Waals surface area contributed by atoms with Crippen LogP contribution in [0.2, 0.25) is 0 Å². The number of nitrogens with one attached hydrogen (secondary N) is 1. The van der Waals surface area contributed by atoms with Gasteiger partial charge in [0.15, 0.2) is 0 Å². The summed E-state index contributed by atoms with van der Waals surface area (Å²) in [6, 6.07) is 0. The first-order valence-electron chi connectivity index (χ1n) is 6.34. The average molecular weight is 256 g/mol. The van der Waals surface area contributed by atoms with Gasteiger partial charge in [-0.15, -0.1) is 11.3 Å². The van der Waals surface area contributed by atoms with E-state index < -0.39 is 0 Å². The molecule has 98 valence electrons. The van der Waals surface area contributed by atoms with Gasteiger partial charge in [-0.05, 0) is 18.9 Å². The van der Waals surface area contributed by atoms with E-state index in [0.717, 1.165) is 32.5 Å². The summed E-state index contributed by atoms with van der Waals surface area (Å²) < 4.78 is 5.09. The Morgan fingerprint density at radius 2 is 2.18 bits per heavy atom. The van der Waals surface area contributed by atoms with Crippen molar-refractivity contribution in [2.24, 2.45) is 5.92 Å². The zero-order chi connectivity index (χ0) is 12.7. The van der Waals surface area contributed by atoms with Gasteiger partial charge in [-0.3, -0.25) is 0 Å². The molecular weight excluding hydrogens is 232 g/mol. The van der Waals surface area contributed by atoms with Crippen molar-refractivity contribution in [3.8, 4) is 0 Å². The van der Waals surface area contributed by atoms with E-state index in [9.17, 15) is 0 Å². The molecule has 3 nitrogen and oxygen atoms in total. The monoisotopic (exact) mass is 256 g/mol. The molecular formula is C13H24N2OS. The molecule has 0 unspecified atom stereocenters. The van der Waals surface area contributed by atoms with Gasteiger partial charge in [-0.2, -0.15) is 0 Å². The third kappa shape index (κ3) is 5.15. The van der Waals surface area contributed by atoms with Gasteiger partial charge in [0.25, 0.3) is 0 Å². The van der Waals surface area contributed by atoms with Crippen LogP contribution in [0.3, 0.4) is 0 Å². The van der Waals surface area contributed by atoms with E-state index in [2.05, 4.69) is 31.1 Å². The maximum Gasteiger partial charge on any atom is 0.0954 e. The first kappa shape index (κ1) is 14.6. The summed E-state index contributed by atoms with van der Waals surface area (Å²) in [7, 11) is 1.74. The number of hydrogen-bond acceptors (Lipinski definition) is 4. The number of aryl methyl sites for hydroxylation is 1. The van der Waals surface area contributed by atoms with Crippen LogP contribution in [0.25, 0.3) is 0 Å². The second kappa shape index (κ2) is 7.80. The normalized spacial score (nSPS) is 11.4. The van der Waals surface area contributed by atoms with Crippen molar-refractivity contribution in [3.05, 3.63) is 15.6 Å². The molecule has 0 saturated heterocycles. The summed E-state index contributed by atoms with van der Waals surface area (Å²) in [6.07, 6.45) is 1.94. The van der Waals surface area contributed by atoms with Crippen molar-refractivity contribution in [3.63, 3.8) is 0 Å². The van der Waals surface area contributed by atoms with Gasteiger partial charge in [0.2, 0.25) is 0 Å². The van der Waals surface area contributed by atoms with Crippen LogP contribution in [0.5, 0.6) is 0 Å². The van der Waals surface area contributed by atoms with Crippen LogP contribution in [0.15, 0.2) is 0 Å². The minimum atomic E-state index is 0.695. The van der Waals surface area contributed by atoms with Crippen LogP contribution in [-0.2, 0) is 24.1 Å². The summed E-state index contributed by atoms with van der Waals surface area (Å²) in [5.41, 5.74) is 1.25. The van der Waals surface area contributed by atoms with Gasteiger partial charge in [-0.1, -0.05) is 20.8 Å². The predicted molar refractivity (Wildman–Crippen MR) is 73.6 cm³/mol. The minimum Gasteiger partial charge on any atom is -0.384 e. The van der Waals surface area contributed by atoms with Crippen LogP contribution >= 0.6 is 11.3 Å². The molecule has 4 heteroatoms. The summed E-state index contributed by atoms with van der Waals surface area (Å²) in [4.78, 5) is 6.05. The molecule has 1 N–H and O–H groups in total. The molecule has 0 aliphatic heterocycles.